The van der Waals surface area contributed by atoms with Gasteiger partial charge < -0.3 is 16.6 Å². The van der Waals surface area contributed by atoms with Gasteiger partial charge in [-0.25, -0.2) is 8.42 Å². The SMILES string of the molecule is NC(=O)C[C@H](NS(=O)(=O)c1ccc(C(N)=O)cc1)C(=O)O. The van der Waals surface area contributed by atoms with Crippen molar-refractivity contribution in [1.29, 1.82) is 0 Å². The highest BCUT2D eigenvalue weighted by Gasteiger charge is 2.26. The molecule has 0 aliphatic carbocycles. The molecule has 0 unspecified atom stereocenters. The molecule has 0 radical (unpaired) electrons. The van der Waals surface area contributed by atoms with Crippen LogP contribution in [-0.4, -0.2) is 37.3 Å². The van der Waals surface area contributed by atoms with Gasteiger partial charge in [-0.05, 0) is 24.3 Å². The van der Waals surface area contributed by atoms with Crippen molar-refractivity contribution in [3.8, 4) is 0 Å². The summed E-state index contributed by atoms with van der Waals surface area (Å²) < 4.78 is 25.8. The summed E-state index contributed by atoms with van der Waals surface area (Å²) >= 11 is 0. The molecule has 1 atom stereocenters. The summed E-state index contributed by atoms with van der Waals surface area (Å²) in [6.45, 7) is 0. The summed E-state index contributed by atoms with van der Waals surface area (Å²) in [5.74, 6) is -3.23. The molecule has 1 aromatic carbocycles. The smallest absolute Gasteiger partial charge is 0.322 e. The van der Waals surface area contributed by atoms with E-state index in [9.17, 15) is 22.8 Å². The Hall–Kier alpha value is -2.46. The molecule has 0 heterocycles. The molecular weight excluding hydrogens is 302 g/mol. The van der Waals surface area contributed by atoms with Crippen molar-refractivity contribution in [1.82, 2.24) is 4.72 Å². The highest BCUT2D eigenvalue weighted by molar-refractivity contribution is 7.89. The van der Waals surface area contributed by atoms with Crippen LogP contribution in [0.4, 0.5) is 0 Å². The highest BCUT2D eigenvalue weighted by atomic mass is 32.2. The Kier molecular flexibility index (Phi) is 5.00. The third kappa shape index (κ3) is 4.54. The number of sulfonamides is 1. The molecule has 0 bridgehead atoms. The van der Waals surface area contributed by atoms with E-state index in [1.54, 1.807) is 0 Å². The molecule has 0 fully saturated rings. The zero-order valence-corrected chi connectivity index (χ0v) is 11.5. The van der Waals surface area contributed by atoms with E-state index < -0.39 is 40.3 Å². The third-order valence-electron chi connectivity index (χ3n) is 2.45. The summed E-state index contributed by atoms with van der Waals surface area (Å²) in [5, 5.41) is 8.85. The standard InChI is InChI=1S/C11H13N3O6S/c12-9(15)5-8(11(17)18)14-21(19,20)7-3-1-6(2-4-7)10(13)16/h1-4,8,14H,5H2,(H2,12,15)(H2,13,16)(H,17,18)/t8-/m0/s1. The number of aliphatic carboxylic acids is 1. The van der Waals surface area contributed by atoms with E-state index in [1.165, 1.54) is 12.1 Å². The van der Waals surface area contributed by atoms with Crippen LogP contribution in [0.2, 0.25) is 0 Å². The Labute approximate surface area is 120 Å². The quantitative estimate of drug-likeness (QED) is 0.471. The maximum atomic E-state index is 12.0. The van der Waals surface area contributed by atoms with Crippen molar-refractivity contribution >= 4 is 27.8 Å². The van der Waals surface area contributed by atoms with E-state index in [0.29, 0.717) is 0 Å². The van der Waals surface area contributed by atoms with Crippen molar-refractivity contribution in [3.05, 3.63) is 29.8 Å². The monoisotopic (exact) mass is 315 g/mol. The van der Waals surface area contributed by atoms with E-state index in [2.05, 4.69) is 0 Å². The minimum atomic E-state index is -4.18. The lowest BCUT2D eigenvalue weighted by atomic mass is 10.2. The summed E-state index contributed by atoms with van der Waals surface area (Å²) in [6, 6.07) is 2.86. The zero-order chi connectivity index (χ0) is 16.2. The first-order valence-electron chi connectivity index (χ1n) is 5.57. The summed E-state index contributed by atoms with van der Waals surface area (Å²) in [5.41, 5.74) is 9.97. The number of hydrogen-bond acceptors (Lipinski definition) is 5. The topological polar surface area (TPSA) is 170 Å². The van der Waals surface area contributed by atoms with E-state index in [0.717, 1.165) is 12.1 Å². The van der Waals surface area contributed by atoms with Gasteiger partial charge in [0.1, 0.15) is 6.04 Å². The molecule has 1 aromatic rings. The molecule has 1 rings (SSSR count). The number of carbonyl (C=O) groups excluding carboxylic acids is 2. The van der Waals surface area contributed by atoms with E-state index in [4.69, 9.17) is 16.6 Å². The number of nitrogens with one attached hydrogen (secondary N) is 1. The maximum Gasteiger partial charge on any atom is 0.322 e. The van der Waals surface area contributed by atoms with Gasteiger partial charge in [0.2, 0.25) is 21.8 Å². The van der Waals surface area contributed by atoms with Crippen LogP contribution < -0.4 is 16.2 Å². The minimum Gasteiger partial charge on any atom is -0.480 e. The average molecular weight is 315 g/mol. The highest BCUT2D eigenvalue weighted by Crippen LogP contribution is 2.11. The predicted molar refractivity (Wildman–Crippen MR) is 70.5 cm³/mol. The summed E-state index contributed by atoms with van der Waals surface area (Å²) in [4.78, 5) is 32.2. The minimum absolute atomic E-state index is 0.0980. The molecule has 0 aliphatic rings. The van der Waals surface area contributed by atoms with Crippen LogP contribution in [0.15, 0.2) is 29.2 Å². The number of carbonyl (C=O) groups is 3. The van der Waals surface area contributed by atoms with Gasteiger partial charge in [0, 0.05) is 5.56 Å². The fourth-order valence-electron chi connectivity index (χ4n) is 1.43. The van der Waals surface area contributed by atoms with Crippen LogP contribution in [0.5, 0.6) is 0 Å². The lowest BCUT2D eigenvalue weighted by Crippen LogP contribution is -2.43. The van der Waals surface area contributed by atoms with Crippen LogP contribution in [0.3, 0.4) is 0 Å². The largest absolute Gasteiger partial charge is 0.480 e. The van der Waals surface area contributed by atoms with Gasteiger partial charge in [-0.3, -0.25) is 14.4 Å². The molecular formula is C11H13N3O6S. The lowest BCUT2D eigenvalue weighted by Gasteiger charge is -2.13. The van der Waals surface area contributed by atoms with E-state index in [1.807, 2.05) is 4.72 Å². The molecule has 21 heavy (non-hydrogen) atoms. The summed E-state index contributed by atoms with van der Waals surface area (Å²) in [6.07, 6.45) is -0.687. The lowest BCUT2D eigenvalue weighted by molar-refractivity contribution is -0.140. The molecule has 0 saturated carbocycles. The first kappa shape index (κ1) is 16.6. The Morgan fingerprint density at radius 3 is 2.05 bits per heavy atom. The Bertz CT molecular complexity index is 668. The van der Waals surface area contributed by atoms with E-state index in [-0.39, 0.29) is 10.5 Å². The van der Waals surface area contributed by atoms with Gasteiger partial charge >= 0.3 is 5.97 Å². The van der Waals surface area contributed by atoms with Crippen molar-refractivity contribution < 1.29 is 27.9 Å². The molecule has 6 N–H and O–H groups in total. The molecule has 0 spiro atoms. The predicted octanol–water partition coefficient (Wildman–Crippen LogP) is -1.61. The fourth-order valence-corrected chi connectivity index (χ4v) is 2.62. The van der Waals surface area contributed by atoms with Gasteiger partial charge in [-0.2, -0.15) is 4.72 Å². The normalized spacial score (nSPS) is 12.6. The zero-order valence-electron chi connectivity index (χ0n) is 10.6. The van der Waals surface area contributed by atoms with Crippen molar-refractivity contribution in [3.63, 3.8) is 0 Å². The molecule has 9 nitrogen and oxygen atoms in total. The molecule has 0 aromatic heterocycles. The van der Waals surface area contributed by atoms with Crippen molar-refractivity contribution in [2.24, 2.45) is 11.5 Å². The van der Waals surface area contributed by atoms with Gasteiger partial charge in [-0.15, -0.1) is 0 Å². The van der Waals surface area contributed by atoms with Crippen LogP contribution in [0.1, 0.15) is 16.8 Å². The number of hydrogen-bond donors (Lipinski definition) is 4. The first-order chi connectivity index (χ1) is 9.63. The maximum absolute atomic E-state index is 12.0. The molecule has 0 aliphatic heterocycles. The number of amides is 2. The van der Waals surface area contributed by atoms with Gasteiger partial charge in [0.25, 0.3) is 0 Å². The molecule has 2 amide bonds. The number of carboxylic acids is 1. The van der Waals surface area contributed by atoms with Crippen molar-refractivity contribution in [2.45, 2.75) is 17.4 Å². The number of primary amides is 2. The van der Waals surface area contributed by atoms with Gasteiger partial charge in [-0.1, -0.05) is 0 Å². The van der Waals surface area contributed by atoms with Gasteiger partial charge in [0.15, 0.2) is 0 Å². The Morgan fingerprint density at radius 1 is 1.14 bits per heavy atom. The van der Waals surface area contributed by atoms with Crippen LogP contribution >= 0.6 is 0 Å². The van der Waals surface area contributed by atoms with Gasteiger partial charge in [0.05, 0.1) is 11.3 Å². The van der Waals surface area contributed by atoms with Crippen LogP contribution in [0, 0.1) is 0 Å². The second-order valence-corrected chi connectivity index (χ2v) is 5.79. The second kappa shape index (κ2) is 6.33. The molecule has 114 valence electrons. The molecule has 0 saturated heterocycles. The first-order valence-corrected chi connectivity index (χ1v) is 7.05. The number of benzene rings is 1. The van der Waals surface area contributed by atoms with E-state index >= 15 is 0 Å². The second-order valence-electron chi connectivity index (χ2n) is 4.07. The third-order valence-corrected chi connectivity index (χ3v) is 3.94. The average Bonchev–Trinajstić information content (AvgIpc) is 2.37. The summed E-state index contributed by atoms with van der Waals surface area (Å²) in [7, 11) is -4.18. The number of carboxylic acid groups (broad SMARTS) is 1. The number of rotatable bonds is 7. The van der Waals surface area contributed by atoms with Crippen LogP contribution in [-0.2, 0) is 19.6 Å². The fraction of sp³-hybridized carbons (Fsp3) is 0.182. The Balaban J connectivity index is 3.01. The molecule has 10 heteroatoms. The van der Waals surface area contributed by atoms with Crippen LogP contribution in [0.25, 0.3) is 0 Å². The Morgan fingerprint density at radius 2 is 1.67 bits per heavy atom. The number of nitrogens with two attached hydrogens (primary N) is 2. The van der Waals surface area contributed by atoms with Crippen molar-refractivity contribution in [2.75, 3.05) is 0 Å².